The van der Waals surface area contributed by atoms with Crippen LogP contribution < -0.4 is 10.6 Å². The summed E-state index contributed by atoms with van der Waals surface area (Å²) in [4.78, 5) is 22.3. The molecule has 1 amide bonds. The van der Waals surface area contributed by atoms with Gasteiger partial charge in [-0.2, -0.15) is 4.37 Å². The summed E-state index contributed by atoms with van der Waals surface area (Å²) in [7, 11) is 0. The van der Waals surface area contributed by atoms with Crippen LogP contribution in [0.4, 0.5) is 5.00 Å². The van der Waals surface area contributed by atoms with Gasteiger partial charge in [-0.3, -0.25) is 4.79 Å². The van der Waals surface area contributed by atoms with Crippen molar-refractivity contribution in [2.45, 2.75) is 26.8 Å². The Morgan fingerprint density at radius 2 is 2.12 bits per heavy atom. The van der Waals surface area contributed by atoms with Gasteiger partial charge in [0.1, 0.15) is 10.6 Å². The predicted octanol–water partition coefficient (Wildman–Crippen LogP) is 1.09. The lowest BCUT2D eigenvalue weighted by Crippen LogP contribution is -2.34. The smallest absolute Gasteiger partial charge is 0.340 e. The minimum atomic E-state index is -1.04. The van der Waals surface area contributed by atoms with Gasteiger partial charge in [-0.25, -0.2) is 4.79 Å². The lowest BCUT2D eigenvalue weighted by molar-refractivity contribution is -0.119. The zero-order valence-corrected chi connectivity index (χ0v) is 10.7. The second kappa shape index (κ2) is 5.62. The summed E-state index contributed by atoms with van der Waals surface area (Å²) < 4.78 is 3.94. The van der Waals surface area contributed by atoms with E-state index in [1.165, 1.54) is 0 Å². The molecule has 0 aliphatic carbocycles. The molecular formula is C10H15N3O3S. The SMILES string of the molecule is Cc1nsc(NCC(=O)NC(C)C)c1C(=O)O. The Morgan fingerprint density at radius 3 is 2.65 bits per heavy atom. The zero-order chi connectivity index (χ0) is 13.0. The lowest BCUT2D eigenvalue weighted by Gasteiger charge is -2.09. The molecule has 0 saturated carbocycles. The minimum Gasteiger partial charge on any atom is -0.478 e. The number of aryl methyl sites for hydroxylation is 1. The van der Waals surface area contributed by atoms with Gasteiger partial charge < -0.3 is 15.7 Å². The maximum atomic E-state index is 11.4. The third kappa shape index (κ3) is 3.70. The second-order valence-electron chi connectivity index (χ2n) is 3.85. The van der Waals surface area contributed by atoms with Crippen LogP contribution in [0.3, 0.4) is 0 Å². The van der Waals surface area contributed by atoms with E-state index in [1.807, 2.05) is 13.8 Å². The first-order valence-corrected chi connectivity index (χ1v) is 5.92. The molecule has 1 aromatic rings. The van der Waals surface area contributed by atoms with E-state index in [9.17, 15) is 9.59 Å². The maximum absolute atomic E-state index is 11.4. The Bertz CT molecular complexity index is 428. The van der Waals surface area contributed by atoms with E-state index >= 15 is 0 Å². The summed E-state index contributed by atoms with van der Waals surface area (Å²) in [5.41, 5.74) is 0.585. The molecule has 0 aliphatic rings. The van der Waals surface area contributed by atoms with E-state index in [4.69, 9.17) is 5.11 Å². The topological polar surface area (TPSA) is 91.3 Å². The number of carboxylic acid groups (broad SMARTS) is 1. The number of nitrogens with one attached hydrogen (secondary N) is 2. The van der Waals surface area contributed by atoms with Crippen molar-refractivity contribution < 1.29 is 14.7 Å². The number of hydrogen-bond donors (Lipinski definition) is 3. The van der Waals surface area contributed by atoms with Gasteiger partial charge in [0.05, 0.1) is 12.2 Å². The number of nitrogens with zero attached hydrogens (tertiary/aromatic N) is 1. The largest absolute Gasteiger partial charge is 0.478 e. The third-order valence-electron chi connectivity index (χ3n) is 1.94. The highest BCUT2D eigenvalue weighted by molar-refractivity contribution is 7.10. The van der Waals surface area contributed by atoms with Crippen LogP contribution >= 0.6 is 11.5 Å². The Hall–Kier alpha value is -1.63. The van der Waals surface area contributed by atoms with Gasteiger partial charge in [-0.05, 0) is 32.3 Å². The van der Waals surface area contributed by atoms with Crippen LogP contribution in [-0.2, 0) is 4.79 Å². The first-order chi connectivity index (χ1) is 7.91. The first-order valence-electron chi connectivity index (χ1n) is 5.14. The number of aromatic carboxylic acids is 1. The molecule has 0 bridgehead atoms. The van der Waals surface area contributed by atoms with Crippen molar-refractivity contribution in [1.82, 2.24) is 9.69 Å². The van der Waals surface area contributed by atoms with E-state index in [0.717, 1.165) is 11.5 Å². The Balaban J connectivity index is 2.64. The molecule has 1 heterocycles. The maximum Gasteiger partial charge on any atom is 0.340 e. The van der Waals surface area contributed by atoms with Gasteiger partial charge >= 0.3 is 5.97 Å². The summed E-state index contributed by atoms with van der Waals surface area (Å²) >= 11 is 1.04. The highest BCUT2D eigenvalue weighted by Gasteiger charge is 2.17. The van der Waals surface area contributed by atoms with Crippen molar-refractivity contribution in [2.75, 3.05) is 11.9 Å². The van der Waals surface area contributed by atoms with E-state index in [2.05, 4.69) is 15.0 Å². The molecule has 0 saturated heterocycles. The van der Waals surface area contributed by atoms with Crippen LogP contribution in [0.25, 0.3) is 0 Å². The lowest BCUT2D eigenvalue weighted by atomic mass is 10.2. The Labute approximate surface area is 103 Å². The molecule has 7 heteroatoms. The molecule has 0 atom stereocenters. The average Bonchev–Trinajstić information content (AvgIpc) is 2.55. The van der Waals surface area contributed by atoms with Crippen molar-refractivity contribution in [3.8, 4) is 0 Å². The molecular weight excluding hydrogens is 242 g/mol. The van der Waals surface area contributed by atoms with Crippen molar-refractivity contribution >= 4 is 28.4 Å². The first kappa shape index (κ1) is 13.4. The van der Waals surface area contributed by atoms with Gasteiger partial charge in [0.2, 0.25) is 5.91 Å². The predicted molar refractivity (Wildman–Crippen MR) is 65.6 cm³/mol. The molecule has 0 aliphatic heterocycles. The Kier molecular flexibility index (Phi) is 4.45. The molecule has 0 spiro atoms. The number of carboxylic acids is 1. The summed E-state index contributed by atoms with van der Waals surface area (Å²) in [6.45, 7) is 5.38. The molecule has 1 aromatic heterocycles. The zero-order valence-electron chi connectivity index (χ0n) is 9.90. The fourth-order valence-corrected chi connectivity index (χ4v) is 2.06. The van der Waals surface area contributed by atoms with Gasteiger partial charge in [-0.1, -0.05) is 0 Å². The highest BCUT2D eigenvalue weighted by atomic mass is 32.1. The number of rotatable bonds is 5. The summed E-state index contributed by atoms with van der Waals surface area (Å²) in [5, 5.41) is 14.9. The molecule has 17 heavy (non-hydrogen) atoms. The van der Waals surface area contributed by atoms with Crippen LogP contribution in [0.2, 0.25) is 0 Å². The molecule has 0 aromatic carbocycles. The third-order valence-corrected chi connectivity index (χ3v) is 2.83. The fourth-order valence-electron chi connectivity index (χ4n) is 1.28. The number of hydrogen-bond acceptors (Lipinski definition) is 5. The van der Waals surface area contributed by atoms with Gasteiger partial charge in [-0.15, -0.1) is 0 Å². The van der Waals surface area contributed by atoms with Crippen LogP contribution in [0.1, 0.15) is 29.9 Å². The van der Waals surface area contributed by atoms with E-state index in [0.29, 0.717) is 10.7 Å². The van der Waals surface area contributed by atoms with Crippen molar-refractivity contribution in [3.63, 3.8) is 0 Å². The van der Waals surface area contributed by atoms with Crippen molar-refractivity contribution in [2.24, 2.45) is 0 Å². The highest BCUT2D eigenvalue weighted by Crippen LogP contribution is 2.23. The van der Waals surface area contributed by atoms with Gasteiger partial charge in [0.25, 0.3) is 0 Å². The molecule has 94 valence electrons. The minimum absolute atomic E-state index is 0.0418. The number of amides is 1. The molecule has 0 unspecified atom stereocenters. The molecule has 3 N–H and O–H groups in total. The van der Waals surface area contributed by atoms with E-state index < -0.39 is 5.97 Å². The molecule has 6 nitrogen and oxygen atoms in total. The normalized spacial score (nSPS) is 10.4. The average molecular weight is 257 g/mol. The van der Waals surface area contributed by atoms with Crippen LogP contribution in [0, 0.1) is 6.92 Å². The molecule has 0 fully saturated rings. The van der Waals surface area contributed by atoms with Crippen LogP contribution in [0.15, 0.2) is 0 Å². The number of anilines is 1. The van der Waals surface area contributed by atoms with Gasteiger partial charge in [0, 0.05) is 6.04 Å². The number of carbonyl (C=O) groups excluding carboxylic acids is 1. The Morgan fingerprint density at radius 1 is 1.47 bits per heavy atom. The second-order valence-corrected chi connectivity index (χ2v) is 4.63. The molecule has 0 radical (unpaired) electrons. The van der Waals surface area contributed by atoms with E-state index in [-0.39, 0.29) is 24.1 Å². The number of carbonyl (C=O) groups is 2. The summed E-state index contributed by atoms with van der Waals surface area (Å²) in [6, 6.07) is 0.0615. The quantitative estimate of drug-likeness (QED) is 0.734. The van der Waals surface area contributed by atoms with Gasteiger partial charge in [0.15, 0.2) is 0 Å². The van der Waals surface area contributed by atoms with Crippen LogP contribution in [-0.4, -0.2) is 33.9 Å². The van der Waals surface area contributed by atoms with Crippen molar-refractivity contribution in [3.05, 3.63) is 11.3 Å². The number of aromatic nitrogens is 1. The van der Waals surface area contributed by atoms with Crippen molar-refractivity contribution in [1.29, 1.82) is 0 Å². The van der Waals surface area contributed by atoms with E-state index in [1.54, 1.807) is 6.92 Å². The summed E-state index contributed by atoms with van der Waals surface area (Å²) in [6.07, 6.45) is 0. The monoisotopic (exact) mass is 257 g/mol. The fraction of sp³-hybridized carbons (Fsp3) is 0.500. The summed E-state index contributed by atoms with van der Waals surface area (Å²) in [5.74, 6) is -1.22. The van der Waals surface area contributed by atoms with Crippen LogP contribution in [0.5, 0.6) is 0 Å². The standard InChI is InChI=1S/C10H15N3O3S/c1-5(2)12-7(14)4-11-9-8(10(15)16)6(3)13-17-9/h5,11H,4H2,1-3H3,(H,12,14)(H,15,16). The molecule has 1 rings (SSSR count).